The molecule has 0 unspecified atom stereocenters. The highest BCUT2D eigenvalue weighted by Gasteiger charge is 2.07. The van der Waals surface area contributed by atoms with Crippen LogP contribution in [0.4, 0.5) is 0 Å². The zero-order chi connectivity index (χ0) is 16.9. The molecule has 0 atom stereocenters. The molecule has 0 aliphatic heterocycles. The summed E-state index contributed by atoms with van der Waals surface area (Å²) in [6, 6.07) is 20.3. The number of Topliss-reactive ketones (excluding diaryl/α,β-unsaturated/α-hetero) is 1. The quantitative estimate of drug-likeness (QED) is 0.711. The summed E-state index contributed by atoms with van der Waals surface area (Å²) in [5, 5.41) is 13.8. The molecule has 3 rings (SSSR count). The predicted molar refractivity (Wildman–Crippen MR) is 93.0 cm³/mol. The van der Waals surface area contributed by atoms with Gasteiger partial charge in [0.25, 0.3) is 5.91 Å². The third-order valence-electron chi connectivity index (χ3n) is 3.88. The van der Waals surface area contributed by atoms with Gasteiger partial charge in [-0.15, -0.1) is 0 Å². The highest BCUT2D eigenvalue weighted by molar-refractivity contribution is 5.98. The van der Waals surface area contributed by atoms with Crippen LogP contribution in [0.5, 0.6) is 0 Å². The van der Waals surface area contributed by atoms with E-state index in [1.807, 2.05) is 36.4 Å². The Morgan fingerprint density at radius 2 is 1.50 bits per heavy atom. The number of hydrogen-bond donors (Lipinski definition) is 2. The zero-order valence-corrected chi connectivity index (χ0v) is 13.0. The van der Waals surface area contributed by atoms with E-state index in [0.29, 0.717) is 17.7 Å². The molecule has 0 fully saturated rings. The molecule has 3 aromatic carbocycles. The van der Waals surface area contributed by atoms with Crippen LogP contribution in [0.3, 0.4) is 0 Å². The first kappa shape index (κ1) is 15.9. The average Bonchev–Trinajstić information content (AvgIpc) is 2.65. The van der Waals surface area contributed by atoms with Crippen molar-refractivity contribution in [3.8, 4) is 0 Å². The van der Waals surface area contributed by atoms with Gasteiger partial charge in [0, 0.05) is 17.7 Å². The lowest BCUT2D eigenvalue weighted by molar-refractivity contribution is 0.0902. The molecular formula is C20H17NO3. The van der Waals surface area contributed by atoms with E-state index in [4.69, 9.17) is 5.11 Å². The summed E-state index contributed by atoms with van der Waals surface area (Å²) < 4.78 is 0. The van der Waals surface area contributed by atoms with Crippen molar-refractivity contribution in [3.05, 3.63) is 83.4 Å². The summed E-state index contributed by atoms with van der Waals surface area (Å²) in [7, 11) is 0. The Morgan fingerprint density at radius 3 is 2.21 bits per heavy atom. The molecule has 120 valence electrons. The summed E-state index contributed by atoms with van der Waals surface area (Å²) in [6.07, 6.45) is 0. The number of aliphatic hydroxyl groups excluding tert-OH is 1. The van der Waals surface area contributed by atoms with Gasteiger partial charge >= 0.3 is 0 Å². The Kier molecular flexibility index (Phi) is 4.68. The van der Waals surface area contributed by atoms with Gasteiger partial charge in [-0.25, -0.2) is 0 Å². The summed E-state index contributed by atoms with van der Waals surface area (Å²) >= 11 is 0. The molecule has 0 spiro atoms. The van der Waals surface area contributed by atoms with E-state index in [1.54, 1.807) is 30.3 Å². The first-order valence-corrected chi connectivity index (χ1v) is 7.67. The van der Waals surface area contributed by atoms with Crippen molar-refractivity contribution in [1.29, 1.82) is 0 Å². The van der Waals surface area contributed by atoms with E-state index in [2.05, 4.69) is 5.32 Å². The van der Waals surface area contributed by atoms with Gasteiger partial charge in [-0.05, 0) is 28.5 Å². The molecule has 4 heteroatoms. The maximum atomic E-state index is 12.3. The maximum absolute atomic E-state index is 12.3. The van der Waals surface area contributed by atoms with E-state index >= 15 is 0 Å². The van der Waals surface area contributed by atoms with Crippen LogP contribution in [0.15, 0.2) is 66.7 Å². The molecule has 0 aliphatic rings. The number of fused-ring (bicyclic) bond motifs is 1. The molecule has 0 radical (unpaired) electrons. The second kappa shape index (κ2) is 7.06. The number of carbonyl (C=O) groups is 2. The Bertz CT molecular complexity index is 885. The van der Waals surface area contributed by atoms with Crippen molar-refractivity contribution < 1.29 is 14.7 Å². The van der Waals surface area contributed by atoms with Gasteiger partial charge in [0.15, 0.2) is 5.78 Å². The molecular weight excluding hydrogens is 302 g/mol. The van der Waals surface area contributed by atoms with E-state index < -0.39 is 6.61 Å². The molecule has 1 amide bonds. The van der Waals surface area contributed by atoms with Crippen LogP contribution in [-0.4, -0.2) is 23.4 Å². The number of rotatable bonds is 5. The molecule has 2 N–H and O–H groups in total. The predicted octanol–water partition coefficient (Wildman–Crippen LogP) is 2.94. The molecule has 0 aromatic heterocycles. The molecule has 4 nitrogen and oxygen atoms in total. The van der Waals surface area contributed by atoms with Crippen molar-refractivity contribution >= 4 is 22.5 Å². The Labute approximate surface area is 139 Å². The van der Waals surface area contributed by atoms with Crippen molar-refractivity contribution in [3.63, 3.8) is 0 Å². The van der Waals surface area contributed by atoms with Gasteiger partial charge in [-0.1, -0.05) is 54.6 Å². The molecule has 0 bridgehead atoms. The van der Waals surface area contributed by atoms with Crippen LogP contribution < -0.4 is 5.32 Å². The summed E-state index contributed by atoms with van der Waals surface area (Å²) in [5.74, 6) is -0.460. The zero-order valence-electron chi connectivity index (χ0n) is 13.0. The molecule has 0 heterocycles. The van der Waals surface area contributed by atoms with E-state index in [1.165, 1.54) is 0 Å². The topological polar surface area (TPSA) is 66.4 Å². The fraction of sp³-hybridized carbons (Fsp3) is 0.100. The normalized spacial score (nSPS) is 10.5. The standard InChI is InChI=1S/C20H17NO3/c22-13-19(23)16-7-5-14(6-8-16)12-21-20(24)18-10-9-15-3-1-2-4-17(15)11-18/h1-11,22H,12-13H2,(H,21,24). The fourth-order valence-corrected chi connectivity index (χ4v) is 2.51. The lowest BCUT2D eigenvalue weighted by atomic mass is 10.1. The van der Waals surface area contributed by atoms with Crippen molar-refractivity contribution in [2.45, 2.75) is 6.54 Å². The lowest BCUT2D eigenvalue weighted by Gasteiger charge is -2.07. The molecule has 0 aliphatic carbocycles. The van der Waals surface area contributed by atoms with Crippen molar-refractivity contribution in [1.82, 2.24) is 5.32 Å². The third kappa shape index (κ3) is 3.50. The number of ketones is 1. The lowest BCUT2D eigenvalue weighted by Crippen LogP contribution is -2.22. The fourth-order valence-electron chi connectivity index (χ4n) is 2.51. The number of hydrogen-bond acceptors (Lipinski definition) is 3. The molecule has 0 saturated heterocycles. The molecule has 24 heavy (non-hydrogen) atoms. The minimum absolute atomic E-state index is 0.142. The van der Waals surface area contributed by atoms with Crippen LogP contribution >= 0.6 is 0 Å². The maximum Gasteiger partial charge on any atom is 0.251 e. The van der Waals surface area contributed by atoms with Crippen molar-refractivity contribution in [2.75, 3.05) is 6.61 Å². The van der Waals surface area contributed by atoms with Gasteiger partial charge in [0.05, 0.1) is 0 Å². The van der Waals surface area contributed by atoms with Crippen molar-refractivity contribution in [2.24, 2.45) is 0 Å². The van der Waals surface area contributed by atoms with Gasteiger partial charge in [-0.3, -0.25) is 9.59 Å². The van der Waals surface area contributed by atoms with Gasteiger partial charge in [0.2, 0.25) is 0 Å². The summed E-state index contributed by atoms with van der Waals surface area (Å²) in [6.45, 7) is -0.128. The minimum atomic E-state index is -0.502. The van der Waals surface area contributed by atoms with Crippen LogP contribution in [0.2, 0.25) is 0 Å². The SMILES string of the molecule is O=C(CO)c1ccc(CNC(=O)c2ccc3ccccc3c2)cc1. The molecule has 0 saturated carbocycles. The number of amides is 1. The second-order valence-corrected chi connectivity index (χ2v) is 5.52. The Morgan fingerprint density at radius 1 is 0.833 bits per heavy atom. The van der Waals surface area contributed by atoms with Crippen LogP contribution in [0.1, 0.15) is 26.3 Å². The third-order valence-corrected chi connectivity index (χ3v) is 3.88. The second-order valence-electron chi connectivity index (χ2n) is 5.52. The summed E-state index contributed by atoms with van der Waals surface area (Å²) in [5.41, 5.74) is 1.96. The Balaban J connectivity index is 1.67. The first-order valence-electron chi connectivity index (χ1n) is 7.67. The van der Waals surface area contributed by atoms with Gasteiger partial charge in [0.1, 0.15) is 6.61 Å². The largest absolute Gasteiger partial charge is 0.388 e. The Hall–Kier alpha value is -2.98. The first-order chi connectivity index (χ1) is 11.7. The highest BCUT2D eigenvalue weighted by Crippen LogP contribution is 2.15. The minimum Gasteiger partial charge on any atom is -0.388 e. The monoisotopic (exact) mass is 319 g/mol. The van der Waals surface area contributed by atoms with Crippen LogP contribution in [0, 0.1) is 0 Å². The van der Waals surface area contributed by atoms with E-state index in [9.17, 15) is 9.59 Å². The van der Waals surface area contributed by atoms with Crippen LogP contribution in [-0.2, 0) is 6.54 Å². The molecule has 3 aromatic rings. The number of carbonyl (C=O) groups excluding carboxylic acids is 2. The number of benzene rings is 3. The smallest absolute Gasteiger partial charge is 0.251 e. The average molecular weight is 319 g/mol. The van der Waals surface area contributed by atoms with Crippen LogP contribution in [0.25, 0.3) is 10.8 Å². The number of aliphatic hydroxyl groups is 1. The highest BCUT2D eigenvalue weighted by atomic mass is 16.3. The van der Waals surface area contributed by atoms with Gasteiger partial charge < -0.3 is 10.4 Å². The van der Waals surface area contributed by atoms with E-state index in [-0.39, 0.29) is 11.7 Å². The summed E-state index contributed by atoms with van der Waals surface area (Å²) in [4.78, 5) is 23.6. The van der Waals surface area contributed by atoms with Gasteiger partial charge in [-0.2, -0.15) is 0 Å². The van der Waals surface area contributed by atoms with E-state index in [0.717, 1.165) is 16.3 Å². The number of nitrogens with one attached hydrogen (secondary N) is 1.